The van der Waals surface area contributed by atoms with Gasteiger partial charge >= 0.3 is 0 Å². The molecule has 0 amide bonds. The molecule has 0 fully saturated rings. The molecule has 2 aromatic heterocycles. The lowest BCUT2D eigenvalue weighted by Crippen LogP contribution is -1.85. The molecule has 7 heteroatoms. The van der Waals surface area contributed by atoms with E-state index in [1.54, 1.807) is 10.7 Å². The summed E-state index contributed by atoms with van der Waals surface area (Å²) in [5.41, 5.74) is 1.10. The van der Waals surface area contributed by atoms with Crippen LogP contribution in [0.4, 0.5) is 4.39 Å². The Morgan fingerprint density at radius 2 is 2.11 bits per heavy atom. The Hall–Kier alpha value is -1.17. The third-order valence-corrected chi connectivity index (χ3v) is 4.34. The van der Waals surface area contributed by atoms with Gasteiger partial charge in [-0.2, -0.15) is 5.10 Å². The highest BCUT2D eigenvalue weighted by Crippen LogP contribution is 2.32. The van der Waals surface area contributed by atoms with Gasteiger partial charge < -0.3 is 0 Å². The van der Waals surface area contributed by atoms with Crippen LogP contribution in [0.15, 0.2) is 18.3 Å². The second-order valence-corrected chi connectivity index (χ2v) is 5.80. The van der Waals surface area contributed by atoms with Crippen LogP contribution in [0, 0.1) is 5.82 Å². The van der Waals surface area contributed by atoms with Crippen molar-refractivity contribution in [3.63, 3.8) is 0 Å². The molecule has 0 unspecified atom stereocenters. The lowest BCUT2D eigenvalue weighted by molar-refractivity contribution is 0.628. The van der Waals surface area contributed by atoms with Crippen molar-refractivity contribution in [2.24, 2.45) is 0 Å². The van der Waals surface area contributed by atoms with Gasteiger partial charge in [0.1, 0.15) is 10.8 Å². The van der Waals surface area contributed by atoms with E-state index in [4.69, 9.17) is 23.2 Å². The van der Waals surface area contributed by atoms with E-state index in [2.05, 4.69) is 10.1 Å². The Bertz CT molecular complexity index is 734. The molecule has 0 atom stereocenters. The first-order valence-corrected chi connectivity index (χ1v) is 7.15. The maximum absolute atomic E-state index is 13.5. The SMILES string of the molecule is CCc1nn2cc(-c3cc(F)c(Cl)cc3Cl)nc2s1. The molecule has 0 N–H and O–H groups in total. The maximum Gasteiger partial charge on any atom is 0.212 e. The highest BCUT2D eigenvalue weighted by Gasteiger charge is 2.14. The Morgan fingerprint density at radius 1 is 1.32 bits per heavy atom. The molecule has 0 spiro atoms. The summed E-state index contributed by atoms with van der Waals surface area (Å²) < 4.78 is 15.2. The molecular weight excluding hydrogens is 308 g/mol. The molecule has 2 heterocycles. The molecule has 0 saturated carbocycles. The Morgan fingerprint density at radius 3 is 2.79 bits per heavy atom. The van der Waals surface area contributed by atoms with Gasteiger partial charge in [0.15, 0.2) is 0 Å². The summed E-state index contributed by atoms with van der Waals surface area (Å²) in [4.78, 5) is 5.17. The summed E-state index contributed by atoms with van der Waals surface area (Å²) in [5.74, 6) is -0.514. The predicted molar refractivity (Wildman–Crippen MR) is 75.7 cm³/mol. The van der Waals surface area contributed by atoms with Crippen molar-refractivity contribution in [1.82, 2.24) is 14.6 Å². The van der Waals surface area contributed by atoms with Crippen molar-refractivity contribution in [1.29, 1.82) is 0 Å². The van der Waals surface area contributed by atoms with Crippen LogP contribution in [0.3, 0.4) is 0 Å². The fourth-order valence-electron chi connectivity index (χ4n) is 1.73. The standard InChI is InChI=1S/C12H8Cl2FN3S/c1-2-11-17-18-5-10(16-12(18)19-11)6-3-9(15)8(14)4-7(6)13/h3-5H,2H2,1H3. The molecule has 0 aliphatic heterocycles. The first-order valence-electron chi connectivity index (χ1n) is 5.58. The Balaban J connectivity index is 2.13. The van der Waals surface area contributed by atoms with Crippen molar-refractivity contribution in [2.45, 2.75) is 13.3 Å². The van der Waals surface area contributed by atoms with Crippen molar-refractivity contribution >= 4 is 39.5 Å². The Labute approximate surface area is 122 Å². The van der Waals surface area contributed by atoms with Crippen molar-refractivity contribution < 1.29 is 4.39 Å². The Kier molecular flexibility index (Phi) is 3.20. The summed E-state index contributed by atoms with van der Waals surface area (Å²) in [7, 11) is 0. The molecule has 3 rings (SSSR count). The lowest BCUT2D eigenvalue weighted by Gasteiger charge is -2.02. The summed E-state index contributed by atoms with van der Waals surface area (Å²) in [6.45, 7) is 2.03. The van der Waals surface area contributed by atoms with E-state index in [0.29, 0.717) is 16.3 Å². The van der Waals surface area contributed by atoms with Crippen molar-refractivity contribution in [2.75, 3.05) is 0 Å². The van der Waals surface area contributed by atoms with Crippen LogP contribution in [0.25, 0.3) is 16.2 Å². The molecule has 0 aliphatic rings. The van der Waals surface area contributed by atoms with Crippen LogP contribution < -0.4 is 0 Å². The number of aromatic nitrogens is 3. The highest BCUT2D eigenvalue weighted by atomic mass is 35.5. The zero-order chi connectivity index (χ0) is 13.6. The monoisotopic (exact) mass is 315 g/mol. The van der Waals surface area contributed by atoms with Crippen molar-refractivity contribution in [3.8, 4) is 11.3 Å². The van der Waals surface area contributed by atoms with Gasteiger partial charge in [-0.05, 0) is 18.6 Å². The molecule has 0 aliphatic carbocycles. The summed E-state index contributed by atoms with van der Waals surface area (Å²) in [6.07, 6.45) is 2.60. The second-order valence-electron chi connectivity index (χ2n) is 3.95. The predicted octanol–water partition coefficient (Wildman–Crippen LogP) is 4.47. The number of fused-ring (bicyclic) bond motifs is 1. The molecule has 3 aromatic rings. The molecule has 3 nitrogen and oxygen atoms in total. The molecule has 0 radical (unpaired) electrons. The molecule has 1 aromatic carbocycles. The second kappa shape index (κ2) is 4.74. The van der Waals surface area contributed by atoms with Gasteiger partial charge in [0, 0.05) is 5.56 Å². The third-order valence-electron chi connectivity index (χ3n) is 2.67. The van der Waals surface area contributed by atoms with Crippen LogP contribution in [-0.4, -0.2) is 14.6 Å². The van der Waals surface area contributed by atoms with Crippen LogP contribution in [0.5, 0.6) is 0 Å². The molecule has 98 valence electrons. The number of imidazole rings is 1. The summed E-state index contributed by atoms with van der Waals surface area (Å²) in [5, 5.41) is 5.73. The molecular formula is C12H8Cl2FN3S. The summed E-state index contributed by atoms with van der Waals surface area (Å²) in [6, 6.07) is 2.67. The molecule has 0 bridgehead atoms. The number of halogens is 3. The molecule has 19 heavy (non-hydrogen) atoms. The highest BCUT2D eigenvalue weighted by molar-refractivity contribution is 7.16. The normalized spacial score (nSPS) is 11.4. The van der Waals surface area contributed by atoms with Gasteiger partial charge in [-0.25, -0.2) is 13.9 Å². The molecule has 0 saturated heterocycles. The first kappa shape index (κ1) is 12.8. The fourth-order valence-corrected chi connectivity index (χ4v) is 3.03. The average molecular weight is 316 g/mol. The third kappa shape index (κ3) is 2.22. The number of aryl methyl sites for hydroxylation is 1. The average Bonchev–Trinajstić information content (AvgIpc) is 2.91. The zero-order valence-corrected chi connectivity index (χ0v) is 12.2. The van der Waals surface area contributed by atoms with Crippen molar-refractivity contribution in [3.05, 3.63) is 39.2 Å². The zero-order valence-electron chi connectivity index (χ0n) is 9.82. The first-order chi connectivity index (χ1) is 9.08. The lowest BCUT2D eigenvalue weighted by atomic mass is 10.1. The number of rotatable bonds is 2. The van der Waals surface area contributed by atoms with Gasteiger partial charge in [0.05, 0.1) is 21.9 Å². The number of benzene rings is 1. The van der Waals surface area contributed by atoms with Crippen LogP contribution in [0.2, 0.25) is 10.0 Å². The van der Waals surface area contributed by atoms with E-state index in [1.165, 1.54) is 23.5 Å². The van der Waals surface area contributed by atoms with E-state index in [0.717, 1.165) is 16.4 Å². The topological polar surface area (TPSA) is 30.2 Å². The van der Waals surface area contributed by atoms with Gasteiger partial charge in [0.2, 0.25) is 4.96 Å². The van der Waals surface area contributed by atoms with Crippen LogP contribution in [-0.2, 0) is 6.42 Å². The minimum Gasteiger partial charge on any atom is -0.217 e. The van der Waals surface area contributed by atoms with Gasteiger partial charge in [-0.1, -0.05) is 41.5 Å². The maximum atomic E-state index is 13.5. The van der Waals surface area contributed by atoms with Crippen LogP contribution >= 0.6 is 34.5 Å². The van der Waals surface area contributed by atoms with E-state index >= 15 is 0 Å². The largest absolute Gasteiger partial charge is 0.217 e. The van der Waals surface area contributed by atoms with Gasteiger partial charge in [-0.15, -0.1) is 0 Å². The van der Waals surface area contributed by atoms with E-state index in [9.17, 15) is 4.39 Å². The summed E-state index contributed by atoms with van der Waals surface area (Å²) >= 11 is 13.3. The number of nitrogens with zero attached hydrogens (tertiary/aromatic N) is 3. The minimum atomic E-state index is -0.514. The smallest absolute Gasteiger partial charge is 0.212 e. The number of hydrogen-bond acceptors (Lipinski definition) is 3. The van der Waals surface area contributed by atoms with Crippen LogP contribution in [0.1, 0.15) is 11.9 Å². The fraction of sp³-hybridized carbons (Fsp3) is 0.167. The van der Waals surface area contributed by atoms with Gasteiger partial charge in [0.25, 0.3) is 0 Å². The van der Waals surface area contributed by atoms with E-state index in [1.807, 2.05) is 6.92 Å². The minimum absolute atomic E-state index is 0.00108. The number of hydrogen-bond donors (Lipinski definition) is 0. The van der Waals surface area contributed by atoms with Gasteiger partial charge in [-0.3, -0.25) is 0 Å². The van der Waals surface area contributed by atoms with E-state index < -0.39 is 5.82 Å². The van der Waals surface area contributed by atoms with E-state index in [-0.39, 0.29) is 5.02 Å². The quantitative estimate of drug-likeness (QED) is 0.653.